The summed E-state index contributed by atoms with van der Waals surface area (Å²) >= 11 is 0. The summed E-state index contributed by atoms with van der Waals surface area (Å²) in [5, 5.41) is 3.38. The van der Waals surface area contributed by atoms with Crippen molar-refractivity contribution in [3.8, 4) is 0 Å². The Morgan fingerprint density at radius 3 is 2.40 bits per heavy atom. The molecule has 1 aliphatic carbocycles. The summed E-state index contributed by atoms with van der Waals surface area (Å²) in [7, 11) is 4.23. The molecule has 0 aliphatic heterocycles. The van der Waals surface area contributed by atoms with Gasteiger partial charge < -0.3 is 10.2 Å². The first-order chi connectivity index (χ1) is 9.63. The van der Waals surface area contributed by atoms with Crippen molar-refractivity contribution in [2.24, 2.45) is 5.41 Å². The van der Waals surface area contributed by atoms with Gasteiger partial charge in [0.15, 0.2) is 0 Å². The average molecular weight is 278 g/mol. The first-order valence-corrected chi connectivity index (χ1v) is 7.71. The summed E-state index contributed by atoms with van der Waals surface area (Å²) in [6.07, 6.45) is 6.73. The summed E-state index contributed by atoms with van der Waals surface area (Å²) in [5.41, 5.74) is 1.60. The third-order valence-electron chi connectivity index (χ3n) is 4.44. The molecule has 1 aromatic carbocycles. The van der Waals surface area contributed by atoms with Crippen LogP contribution in [0.2, 0.25) is 0 Å². The van der Waals surface area contributed by atoms with Crippen molar-refractivity contribution < 1.29 is 4.39 Å². The Bertz CT molecular complexity index is 390. The van der Waals surface area contributed by atoms with E-state index in [1.807, 2.05) is 12.1 Å². The van der Waals surface area contributed by atoms with Crippen LogP contribution < -0.4 is 5.32 Å². The van der Waals surface area contributed by atoms with E-state index in [0.29, 0.717) is 5.41 Å². The summed E-state index contributed by atoms with van der Waals surface area (Å²) in [6, 6.07) is 6.87. The maximum absolute atomic E-state index is 12.9. The molecule has 0 amide bonds. The third kappa shape index (κ3) is 4.29. The number of rotatable bonds is 6. The molecule has 0 atom stereocenters. The van der Waals surface area contributed by atoms with Crippen LogP contribution in [0, 0.1) is 11.2 Å². The average Bonchev–Trinajstić information content (AvgIpc) is 2.42. The van der Waals surface area contributed by atoms with Gasteiger partial charge in [-0.1, -0.05) is 31.4 Å². The van der Waals surface area contributed by atoms with Gasteiger partial charge in [-0.2, -0.15) is 0 Å². The maximum atomic E-state index is 12.9. The highest BCUT2D eigenvalue weighted by atomic mass is 19.1. The molecule has 2 rings (SSSR count). The molecule has 0 heterocycles. The molecule has 1 saturated carbocycles. The number of hydrogen-bond acceptors (Lipinski definition) is 2. The molecule has 112 valence electrons. The molecule has 1 fully saturated rings. The SMILES string of the molecule is CNCC1(CN(C)Cc2ccc(F)cc2)CCCCC1. The van der Waals surface area contributed by atoms with Crippen molar-refractivity contribution >= 4 is 0 Å². The third-order valence-corrected chi connectivity index (χ3v) is 4.44. The fourth-order valence-electron chi connectivity index (χ4n) is 3.60. The minimum Gasteiger partial charge on any atom is -0.319 e. The van der Waals surface area contributed by atoms with Crippen molar-refractivity contribution in [2.75, 3.05) is 27.2 Å². The van der Waals surface area contributed by atoms with E-state index < -0.39 is 0 Å². The molecule has 2 nitrogen and oxygen atoms in total. The van der Waals surface area contributed by atoms with E-state index in [-0.39, 0.29) is 5.82 Å². The molecule has 0 radical (unpaired) electrons. The predicted molar refractivity (Wildman–Crippen MR) is 82.2 cm³/mol. The molecule has 0 spiro atoms. The fraction of sp³-hybridized carbons (Fsp3) is 0.647. The van der Waals surface area contributed by atoms with Gasteiger partial charge in [0.05, 0.1) is 0 Å². The topological polar surface area (TPSA) is 15.3 Å². The zero-order chi connectivity index (χ0) is 14.4. The van der Waals surface area contributed by atoms with Crippen molar-refractivity contribution in [2.45, 2.75) is 38.6 Å². The van der Waals surface area contributed by atoms with Gasteiger partial charge in [-0.05, 0) is 50.0 Å². The van der Waals surface area contributed by atoms with Crippen LogP contribution in [0.5, 0.6) is 0 Å². The first-order valence-electron chi connectivity index (χ1n) is 7.71. The van der Waals surface area contributed by atoms with Crippen LogP contribution in [0.3, 0.4) is 0 Å². The van der Waals surface area contributed by atoms with E-state index in [9.17, 15) is 4.39 Å². The second-order valence-corrected chi connectivity index (χ2v) is 6.39. The Morgan fingerprint density at radius 2 is 1.80 bits per heavy atom. The number of nitrogens with zero attached hydrogens (tertiary/aromatic N) is 1. The molecule has 0 aromatic heterocycles. The molecular formula is C17H27FN2. The van der Waals surface area contributed by atoms with Crippen molar-refractivity contribution in [1.29, 1.82) is 0 Å². The summed E-state index contributed by atoms with van der Waals surface area (Å²) in [6.45, 7) is 3.11. The van der Waals surface area contributed by atoms with Gasteiger partial charge in [-0.25, -0.2) is 4.39 Å². The number of nitrogens with one attached hydrogen (secondary N) is 1. The smallest absolute Gasteiger partial charge is 0.123 e. The highest BCUT2D eigenvalue weighted by Crippen LogP contribution is 2.36. The van der Waals surface area contributed by atoms with Gasteiger partial charge in [0.25, 0.3) is 0 Å². The van der Waals surface area contributed by atoms with Crippen molar-refractivity contribution in [3.63, 3.8) is 0 Å². The molecule has 0 saturated heterocycles. The molecule has 0 bridgehead atoms. The second kappa shape index (κ2) is 7.19. The normalized spacial score (nSPS) is 18.4. The van der Waals surface area contributed by atoms with Gasteiger partial charge in [0.1, 0.15) is 5.82 Å². The molecule has 1 N–H and O–H groups in total. The highest BCUT2D eigenvalue weighted by molar-refractivity contribution is 5.15. The fourth-order valence-corrected chi connectivity index (χ4v) is 3.60. The Hall–Kier alpha value is -0.930. The summed E-state index contributed by atoms with van der Waals surface area (Å²) in [5.74, 6) is -0.157. The minimum atomic E-state index is -0.157. The van der Waals surface area contributed by atoms with E-state index in [4.69, 9.17) is 0 Å². The van der Waals surface area contributed by atoms with Crippen molar-refractivity contribution in [1.82, 2.24) is 10.2 Å². The largest absolute Gasteiger partial charge is 0.319 e. The molecule has 0 unspecified atom stereocenters. The number of halogens is 1. The van der Waals surface area contributed by atoms with E-state index in [1.54, 1.807) is 12.1 Å². The minimum absolute atomic E-state index is 0.157. The lowest BCUT2D eigenvalue weighted by atomic mass is 9.73. The first kappa shape index (κ1) is 15.5. The molecule has 1 aliphatic rings. The lowest BCUT2D eigenvalue weighted by Crippen LogP contribution is -2.43. The lowest BCUT2D eigenvalue weighted by Gasteiger charge is -2.40. The van der Waals surface area contributed by atoms with E-state index in [0.717, 1.165) is 19.6 Å². The molecule has 20 heavy (non-hydrogen) atoms. The Labute approximate surface area is 122 Å². The quantitative estimate of drug-likeness (QED) is 0.857. The van der Waals surface area contributed by atoms with Gasteiger partial charge in [0, 0.05) is 19.6 Å². The Balaban J connectivity index is 1.93. The van der Waals surface area contributed by atoms with Crippen LogP contribution in [0.4, 0.5) is 4.39 Å². The van der Waals surface area contributed by atoms with Gasteiger partial charge in [-0.15, -0.1) is 0 Å². The van der Waals surface area contributed by atoms with Crippen LogP contribution >= 0.6 is 0 Å². The highest BCUT2D eigenvalue weighted by Gasteiger charge is 2.32. The van der Waals surface area contributed by atoms with Gasteiger partial charge in [-0.3, -0.25) is 0 Å². The Kier molecular flexibility index (Phi) is 5.55. The second-order valence-electron chi connectivity index (χ2n) is 6.39. The number of benzene rings is 1. The van der Waals surface area contributed by atoms with E-state index >= 15 is 0 Å². The van der Waals surface area contributed by atoms with Crippen LogP contribution in [0.15, 0.2) is 24.3 Å². The predicted octanol–water partition coefficient (Wildman–Crippen LogP) is 3.43. The molecular weight excluding hydrogens is 251 g/mol. The lowest BCUT2D eigenvalue weighted by molar-refractivity contribution is 0.116. The van der Waals surface area contributed by atoms with Gasteiger partial charge >= 0.3 is 0 Å². The van der Waals surface area contributed by atoms with Gasteiger partial charge in [0.2, 0.25) is 0 Å². The van der Waals surface area contributed by atoms with E-state index in [2.05, 4.69) is 24.3 Å². The number of hydrogen-bond donors (Lipinski definition) is 1. The van der Waals surface area contributed by atoms with Crippen LogP contribution in [0.25, 0.3) is 0 Å². The maximum Gasteiger partial charge on any atom is 0.123 e. The van der Waals surface area contributed by atoms with Crippen LogP contribution in [-0.2, 0) is 6.54 Å². The van der Waals surface area contributed by atoms with Crippen LogP contribution in [-0.4, -0.2) is 32.1 Å². The van der Waals surface area contributed by atoms with Crippen molar-refractivity contribution in [3.05, 3.63) is 35.6 Å². The van der Waals surface area contributed by atoms with Crippen LogP contribution in [0.1, 0.15) is 37.7 Å². The standard InChI is InChI=1S/C17H27FN2/c1-19-13-17(10-4-3-5-11-17)14-20(2)12-15-6-8-16(18)9-7-15/h6-9,19H,3-5,10-14H2,1-2H3. The zero-order valence-corrected chi connectivity index (χ0v) is 12.8. The summed E-state index contributed by atoms with van der Waals surface area (Å²) in [4.78, 5) is 2.38. The Morgan fingerprint density at radius 1 is 1.15 bits per heavy atom. The van der Waals surface area contributed by atoms with E-state index in [1.165, 1.54) is 37.7 Å². The summed E-state index contributed by atoms with van der Waals surface area (Å²) < 4.78 is 12.9. The molecule has 1 aromatic rings. The monoisotopic (exact) mass is 278 g/mol. The zero-order valence-electron chi connectivity index (χ0n) is 12.8. The molecule has 3 heteroatoms.